The van der Waals surface area contributed by atoms with Gasteiger partial charge in [0.1, 0.15) is 64.1 Å². The van der Waals surface area contributed by atoms with Gasteiger partial charge in [-0.1, -0.05) is 24.3 Å². The molecule has 0 amide bonds. The molecule has 356 valence electrons. The lowest BCUT2D eigenvalue weighted by molar-refractivity contribution is -0.138. The third-order valence-electron chi connectivity index (χ3n) is 12.1. The zero-order valence-corrected chi connectivity index (χ0v) is 41.0. The number of anilines is 2. The lowest BCUT2D eigenvalue weighted by atomic mass is 10.0. The van der Waals surface area contributed by atoms with Crippen LogP contribution in [0.25, 0.3) is 56.3 Å². The zero-order chi connectivity index (χ0) is 47.8. The number of carbonyl (C=O) groups is 2. The highest BCUT2D eigenvalue weighted by molar-refractivity contribution is 7.30. The first kappa shape index (κ1) is 44.3. The number of hydrogen-bond donors (Lipinski definition) is 2. The summed E-state index contributed by atoms with van der Waals surface area (Å²) >= 11 is 6.51. The van der Waals surface area contributed by atoms with E-state index in [2.05, 4.69) is 59.1 Å². The number of carboxylic acids is 2. The second kappa shape index (κ2) is 17.8. The summed E-state index contributed by atoms with van der Waals surface area (Å²) in [6, 6.07) is 15.3. The van der Waals surface area contributed by atoms with Gasteiger partial charge in [0.2, 0.25) is 0 Å². The van der Waals surface area contributed by atoms with Crippen molar-refractivity contribution in [2.75, 3.05) is 64.3 Å². The number of fused-ring (bicyclic) bond motifs is 6. The molecule has 0 radical (unpaired) electrons. The molecular formula is C49H37N3O13S5. The van der Waals surface area contributed by atoms with Gasteiger partial charge in [-0.2, -0.15) is 0 Å². The number of aliphatic carboxylic acids is 2. The first-order valence-corrected chi connectivity index (χ1v) is 26.3. The molecule has 21 heteroatoms. The number of nitrogens with zero attached hydrogens (tertiary/aromatic N) is 3. The Bertz CT molecular complexity index is 3570. The normalized spacial score (nSPS) is 15.9. The van der Waals surface area contributed by atoms with E-state index in [9.17, 15) is 24.6 Å². The minimum atomic E-state index is -1.58. The zero-order valence-electron chi connectivity index (χ0n) is 36.9. The van der Waals surface area contributed by atoms with Gasteiger partial charge in [0, 0.05) is 17.9 Å². The second-order valence-corrected chi connectivity index (χ2v) is 21.3. The Labute approximate surface area is 417 Å². The quantitative estimate of drug-likeness (QED) is 0.132. The lowest BCUT2D eigenvalue weighted by Crippen LogP contribution is -2.35. The van der Waals surface area contributed by atoms with E-state index in [1.165, 1.54) is 62.6 Å². The van der Waals surface area contributed by atoms with Crippen LogP contribution in [0.2, 0.25) is 0 Å². The maximum atomic E-state index is 13.7. The average Bonchev–Trinajstić information content (AvgIpc) is 4.18. The van der Waals surface area contributed by atoms with Crippen LogP contribution in [-0.4, -0.2) is 86.1 Å². The Kier molecular flexibility index (Phi) is 11.2. The first-order chi connectivity index (χ1) is 34.2. The van der Waals surface area contributed by atoms with Gasteiger partial charge in [-0.05, 0) is 60.7 Å². The number of aryl methyl sites for hydroxylation is 2. The van der Waals surface area contributed by atoms with Crippen LogP contribution in [0, 0.1) is 6.57 Å². The smallest absolute Gasteiger partial charge is 0.336 e. The number of aromatic nitrogens is 1. The molecule has 0 saturated heterocycles. The van der Waals surface area contributed by atoms with E-state index in [1.54, 1.807) is 11.3 Å². The molecule has 16 nitrogen and oxygen atoms in total. The van der Waals surface area contributed by atoms with Gasteiger partial charge in [0.15, 0.2) is 46.0 Å². The largest absolute Gasteiger partial charge is 0.486 e. The van der Waals surface area contributed by atoms with Crippen molar-refractivity contribution in [1.82, 2.24) is 4.57 Å². The number of para-hydroxylation sites is 1. The van der Waals surface area contributed by atoms with Crippen molar-refractivity contribution in [3.8, 4) is 85.7 Å². The Morgan fingerprint density at radius 2 is 1.10 bits per heavy atom. The molecular weight excluding hydrogens is 999 g/mol. The fourth-order valence-electron chi connectivity index (χ4n) is 9.20. The van der Waals surface area contributed by atoms with Gasteiger partial charge in [0.25, 0.3) is 5.56 Å². The van der Waals surface area contributed by atoms with Crippen LogP contribution in [0.1, 0.15) is 22.9 Å². The summed E-state index contributed by atoms with van der Waals surface area (Å²) in [5, 5.41) is 19.3. The van der Waals surface area contributed by atoms with Crippen LogP contribution in [0.4, 0.5) is 11.4 Å². The van der Waals surface area contributed by atoms with Crippen molar-refractivity contribution in [2.45, 2.75) is 26.3 Å². The Morgan fingerprint density at radius 1 is 0.629 bits per heavy atom. The summed E-state index contributed by atoms with van der Waals surface area (Å²) in [5.74, 6) is 1.38. The van der Waals surface area contributed by atoms with Gasteiger partial charge in [0.05, 0.1) is 50.1 Å². The van der Waals surface area contributed by atoms with Crippen molar-refractivity contribution in [3.05, 3.63) is 89.4 Å². The molecule has 10 heterocycles. The molecule has 5 aliphatic heterocycles. The number of thiazole rings is 1. The molecule has 2 aromatic carbocycles. The van der Waals surface area contributed by atoms with Crippen molar-refractivity contribution in [1.29, 1.82) is 0 Å². The third kappa shape index (κ3) is 7.26. The Balaban J connectivity index is 0.977. The molecule has 0 saturated carbocycles. The Morgan fingerprint density at radius 3 is 1.63 bits per heavy atom. The highest BCUT2D eigenvalue weighted by Crippen LogP contribution is 2.66. The van der Waals surface area contributed by atoms with Gasteiger partial charge in [-0.15, -0.1) is 56.7 Å². The van der Waals surface area contributed by atoms with E-state index < -0.39 is 29.7 Å². The molecule has 5 aromatic heterocycles. The summed E-state index contributed by atoms with van der Waals surface area (Å²) in [5.41, 5.74) is 4.56. The van der Waals surface area contributed by atoms with Crippen molar-refractivity contribution in [2.24, 2.45) is 0 Å². The van der Waals surface area contributed by atoms with Gasteiger partial charge >= 0.3 is 17.6 Å². The van der Waals surface area contributed by atoms with Crippen molar-refractivity contribution >= 4 is 91.8 Å². The predicted molar refractivity (Wildman–Crippen MR) is 267 cm³/mol. The molecule has 12 rings (SSSR count). The molecule has 5 aliphatic rings. The van der Waals surface area contributed by atoms with E-state index in [1.807, 2.05) is 0 Å². The highest BCUT2D eigenvalue weighted by atomic mass is 32.1. The number of benzene rings is 2. The fraction of sp³-hybridized carbons (Fsp3) is 0.265. The number of ether oxygens (including phenoxy) is 8. The summed E-state index contributed by atoms with van der Waals surface area (Å²) in [7, 11) is 0. The molecule has 0 bridgehead atoms. The van der Waals surface area contributed by atoms with Crippen LogP contribution in [0.5, 0.6) is 46.0 Å². The lowest BCUT2D eigenvalue weighted by Gasteiger charge is -2.25. The van der Waals surface area contributed by atoms with Crippen LogP contribution < -0.4 is 57.5 Å². The van der Waals surface area contributed by atoms with Crippen molar-refractivity contribution in [3.63, 3.8) is 0 Å². The SMILES string of the molecule is [C-]#[N+]C(C(=O)O)=c1sc(=Cc2sc(-c3sc(-c4sc(-c5sc(-c6ccc7c(c6)CCc6ccccc6N7CC)c6c5OCCO6)c5c4OCCO5)c4c3OCCO4)c3c2OCCO3)c(=O)n1CC(=O)O. The third-order valence-corrected chi connectivity index (χ3v) is 18.3. The number of hydrogen-bond acceptors (Lipinski definition) is 17. The van der Waals surface area contributed by atoms with Gasteiger partial charge in [-0.25, -0.2) is 4.85 Å². The number of thiophene rings is 4. The fourth-order valence-corrected chi connectivity index (χ4v) is 15.4. The summed E-state index contributed by atoms with van der Waals surface area (Å²) in [4.78, 5) is 48.9. The van der Waals surface area contributed by atoms with E-state index in [0.717, 1.165) is 65.2 Å². The van der Waals surface area contributed by atoms with E-state index >= 15 is 0 Å². The van der Waals surface area contributed by atoms with Crippen molar-refractivity contribution < 1.29 is 57.7 Å². The summed E-state index contributed by atoms with van der Waals surface area (Å²) < 4.78 is 51.6. The number of rotatable bonds is 9. The van der Waals surface area contributed by atoms with Crippen LogP contribution >= 0.6 is 56.7 Å². The number of carboxylic acid groups (broad SMARTS) is 2. The van der Waals surface area contributed by atoms with Crippen LogP contribution in [-0.2, 0) is 29.0 Å². The maximum Gasteiger partial charge on any atom is 0.336 e. The summed E-state index contributed by atoms with van der Waals surface area (Å²) in [6.45, 7) is 12.2. The van der Waals surface area contributed by atoms with E-state index in [4.69, 9.17) is 44.5 Å². The van der Waals surface area contributed by atoms with Gasteiger partial charge < -0.3 is 53.0 Å². The van der Waals surface area contributed by atoms with Crippen LogP contribution in [0.15, 0.2) is 47.3 Å². The minimum Gasteiger partial charge on any atom is -0.486 e. The maximum absolute atomic E-state index is 13.7. The van der Waals surface area contributed by atoms with E-state index in [0.29, 0.717) is 93.7 Å². The Hall–Kier alpha value is -6.96. The summed E-state index contributed by atoms with van der Waals surface area (Å²) in [6.07, 6.45) is 3.35. The molecule has 0 fully saturated rings. The standard InChI is InChI=1S/C49H37N3O13S5/c1-3-51-26-7-5-4-6-23(26)8-9-24-20-25(10-11-27(24)51)40-34-35(61-15-14-60-34)43(68-40)44-38-39(65-19-18-64-38)46(70-44)45-37-36(62-16-17-63-37)42(69-45)41-33-32(58-12-13-59-33)28(66-41)21-29-47(55)52(22-30(53)54)48(67-29)31(50-2)49(56)57/h4-7,10-11,20-21H,3,8-9,12-19,22H2,1H3,(H,53,54)(H,56,57). The second-order valence-electron chi connectivity index (χ2n) is 16.2. The van der Waals surface area contributed by atoms with Gasteiger partial charge in [-0.3, -0.25) is 19.0 Å². The molecule has 0 unspecified atom stereocenters. The first-order valence-electron chi connectivity index (χ1n) is 22.2. The monoisotopic (exact) mass is 1040 g/mol. The van der Waals surface area contributed by atoms with E-state index in [-0.39, 0.29) is 29.0 Å². The molecule has 0 atom stereocenters. The average molecular weight is 1040 g/mol. The molecule has 0 aliphatic carbocycles. The molecule has 0 spiro atoms. The molecule has 2 N–H and O–H groups in total. The minimum absolute atomic E-state index is 0.0105. The topological polar surface area (TPSA) is 178 Å². The molecule has 7 aromatic rings. The highest BCUT2D eigenvalue weighted by Gasteiger charge is 2.39. The molecule has 70 heavy (non-hydrogen) atoms. The van der Waals surface area contributed by atoms with Crippen LogP contribution in [0.3, 0.4) is 0 Å². The predicted octanol–water partition coefficient (Wildman–Crippen LogP) is 8.19.